The lowest BCUT2D eigenvalue weighted by Crippen LogP contribution is -2.29. The van der Waals surface area contributed by atoms with Crippen molar-refractivity contribution < 1.29 is 4.79 Å². The summed E-state index contributed by atoms with van der Waals surface area (Å²) in [4.78, 5) is 17.3. The van der Waals surface area contributed by atoms with Crippen LogP contribution in [0.4, 0.5) is 0 Å². The summed E-state index contributed by atoms with van der Waals surface area (Å²) < 4.78 is 0. The third-order valence-corrected chi connectivity index (χ3v) is 2.60. The van der Waals surface area contributed by atoms with E-state index in [-0.39, 0.29) is 5.91 Å². The van der Waals surface area contributed by atoms with Gasteiger partial charge < -0.3 is 4.90 Å². The molecule has 88 valence electrons. The highest BCUT2D eigenvalue weighted by Gasteiger charge is 2.08. The van der Waals surface area contributed by atoms with E-state index in [1.807, 2.05) is 17.0 Å². The molecule has 3 heteroatoms. The maximum Gasteiger partial charge on any atom is 0.219 e. The van der Waals surface area contributed by atoms with E-state index >= 15 is 0 Å². The quantitative estimate of drug-likeness (QED) is 0.690. The standard InChI is InChI=1S/C13H20N2O/c1-3-4-5-10-15(12(2)16)11-13-6-8-14-9-7-13/h6-9H,3-5,10-11H2,1-2H3. The maximum atomic E-state index is 11.5. The summed E-state index contributed by atoms with van der Waals surface area (Å²) in [6.45, 7) is 5.35. The minimum Gasteiger partial charge on any atom is -0.339 e. The summed E-state index contributed by atoms with van der Waals surface area (Å²) in [7, 11) is 0. The highest BCUT2D eigenvalue weighted by atomic mass is 16.2. The van der Waals surface area contributed by atoms with Gasteiger partial charge in [-0.1, -0.05) is 19.8 Å². The van der Waals surface area contributed by atoms with E-state index in [0.717, 1.165) is 18.5 Å². The van der Waals surface area contributed by atoms with E-state index in [9.17, 15) is 4.79 Å². The Morgan fingerprint density at radius 1 is 1.31 bits per heavy atom. The number of hydrogen-bond acceptors (Lipinski definition) is 2. The fraction of sp³-hybridized carbons (Fsp3) is 0.538. The van der Waals surface area contributed by atoms with Crippen LogP contribution in [0.5, 0.6) is 0 Å². The van der Waals surface area contributed by atoms with Gasteiger partial charge in [-0.3, -0.25) is 9.78 Å². The van der Waals surface area contributed by atoms with Gasteiger partial charge in [-0.15, -0.1) is 0 Å². The molecule has 0 aliphatic heterocycles. The van der Waals surface area contributed by atoms with Crippen molar-refractivity contribution in [2.75, 3.05) is 6.54 Å². The average Bonchev–Trinajstić information content (AvgIpc) is 2.29. The number of carbonyl (C=O) groups is 1. The van der Waals surface area contributed by atoms with Crippen molar-refractivity contribution in [1.82, 2.24) is 9.88 Å². The molecule has 0 N–H and O–H groups in total. The zero-order valence-electron chi connectivity index (χ0n) is 10.1. The fourth-order valence-electron chi connectivity index (χ4n) is 1.61. The fourth-order valence-corrected chi connectivity index (χ4v) is 1.61. The van der Waals surface area contributed by atoms with E-state index in [1.165, 1.54) is 12.8 Å². The molecule has 1 heterocycles. The molecular weight excluding hydrogens is 200 g/mol. The summed E-state index contributed by atoms with van der Waals surface area (Å²) in [6, 6.07) is 3.91. The molecule has 0 unspecified atom stereocenters. The van der Waals surface area contributed by atoms with E-state index in [0.29, 0.717) is 6.54 Å². The van der Waals surface area contributed by atoms with Crippen LogP contribution >= 0.6 is 0 Å². The molecule has 1 aromatic rings. The van der Waals surface area contributed by atoms with Gasteiger partial charge in [0.2, 0.25) is 5.91 Å². The molecule has 3 nitrogen and oxygen atoms in total. The second kappa shape index (κ2) is 6.99. The second-order valence-electron chi connectivity index (χ2n) is 4.00. The van der Waals surface area contributed by atoms with Crippen LogP contribution in [0, 0.1) is 0 Å². The Balaban J connectivity index is 2.48. The molecule has 0 radical (unpaired) electrons. The number of carbonyl (C=O) groups excluding carboxylic acids is 1. The lowest BCUT2D eigenvalue weighted by molar-refractivity contribution is -0.129. The van der Waals surface area contributed by atoms with Gasteiger partial charge in [0, 0.05) is 32.4 Å². The Kier molecular flexibility index (Phi) is 5.54. The smallest absolute Gasteiger partial charge is 0.219 e. The first-order chi connectivity index (χ1) is 7.74. The summed E-state index contributed by atoms with van der Waals surface area (Å²) in [5.74, 6) is 0.146. The molecule has 0 saturated carbocycles. The van der Waals surface area contributed by atoms with Crippen LogP contribution in [0.2, 0.25) is 0 Å². The first kappa shape index (κ1) is 12.7. The number of aromatic nitrogens is 1. The van der Waals surface area contributed by atoms with E-state index < -0.39 is 0 Å². The van der Waals surface area contributed by atoms with Gasteiger partial charge in [0.15, 0.2) is 0 Å². The van der Waals surface area contributed by atoms with Crippen LogP contribution in [0.25, 0.3) is 0 Å². The number of hydrogen-bond donors (Lipinski definition) is 0. The molecular formula is C13H20N2O. The normalized spacial score (nSPS) is 10.1. The first-order valence-electron chi connectivity index (χ1n) is 5.88. The topological polar surface area (TPSA) is 33.2 Å². The Morgan fingerprint density at radius 3 is 2.56 bits per heavy atom. The van der Waals surface area contributed by atoms with Gasteiger partial charge in [-0.25, -0.2) is 0 Å². The Morgan fingerprint density at radius 2 is 2.00 bits per heavy atom. The minimum atomic E-state index is 0.146. The van der Waals surface area contributed by atoms with E-state index in [1.54, 1.807) is 19.3 Å². The molecule has 0 saturated heterocycles. The monoisotopic (exact) mass is 220 g/mol. The molecule has 0 fully saturated rings. The minimum absolute atomic E-state index is 0.146. The van der Waals surface area contributed by atoms with Gasteiger partial charge in [-0.2, -0.15) is 0 Å². The van der Waals surface area contributed by atoms with Crippen molar-refractivity contribution in [2.24, 2.45) is 0 Å². The van der Waals surface area contributed by atoms with Gasteiger partial charge in [-0.05, 0) is 24.1 Å². The van der Waals surface area contributed by atoms with Crippen LogP contribution in [-0.2, 0) is 11.3 Å². The van der Waals surface area contributed by atoms with Gasteiger partial charge in [0.05, 0.1) is 0 Å². The van der Waals surface area contributed by atoms with Crippen LogP contribution < -0.4 is 0 Å². The van der Waals surface area contributed by atoms with Crippen LogP contribution in [0.15, 0.2) is 24.5 Å². The second-order valence-corrected chi connectivity index (χ2v) is 4.00. The number of amides is 1. The van der Waals surface area contributed by atoms with Gasteiger partial charge in [0.1, 0.15) is 0 Å². The largest absolute Gasteiger partial charge is 0.339 e. The Hall–Kier alpha value is -1.38. The molecule has 1 amide bonds. The summed E-state index contributed by atoms with van der Waals surface area (Å²) in [6.07, 6.45) is 6.97. The zero-order chi connectivity index (χ0) is 11.8. The lowest BCUT2D eigenvalue weighted by atomic mass is 10.2. The third-order valence-electron chi connectivity index (χ3n) is 2.60. The van der Waals surface area contributed by atoms with E-state index in [4.69, 9.17) is 0 Å². The van der Waals surface area contributed by atoms with Crippen LogP contribution in [-0.4, -0.2) is 22.3 Å². The zero-order valence-corrected chi connectivity index (χ0v) is 10.1. The van der Waals surface area contributed by atoms with Crippen molar-refractivity contribution in [3.63, 3.8) is 0 Å². The maximum absolute atomic E-state index is 11.5. The molecule has 0 atom stereocenters. The first-order valence-corrected chi connectivity index (χ1v) is 5.88. The summed E-state index contributed by atoms with van der Waals surface area (Å²) in [5.41, 5.74) is 1.14. The molecule has 1 rings (SSSR count). The van der Waals surface area contributed by atoms with Crippen molar-refractivity contribution in [1.29, 1.82) is 0 Å². The highest BCUT2D eigenvalue weighted by Crippen LogP contribution is 2.06. The number of nitrogens with zero attached hydrogens (tertiary/aromatic N) is 2. The predicted molar refractivity (Wildman–Crippen MR) is 64.9 cm³/mol. The highest BCUT2D eigenvalue weighted by molar-refractivity contribution is 5.73. The average molecular weight is 220 g/mol. The molecule has 0 aliphatic rings. The molecule has 0 spiro atoms. The summed E-state index contributed by atoms with van der Waals surface area (Å²) >= 11 is 0. The third kappa shape index (κ3) is 4.43. The number of rotatable bonds is 6. The van der Waals surface area contributed by atoms with Crippen molar-refractivity contribution in [3.8, 4) is 0 Å². The van der Waals surface area contributed by atoms with Crippen molar-refractivity contribution in [2.45, 2.75) is 39.7 Å². The Labute approximate surface area is 97.5 Å². The van der Waals surface area contributed by atoms with Crippen LogP contribution in [0.1, 0.15) is 38.7 Å². The van der Waals surface area contributed by atoms with Crippen LogP contribution in [0.3, 0.4) is 0 Å². The molecule has 0 aliphatic carbocycles. The van der Waals surface area contributed by atoms with Crippen molar-refractivity contribution in [3.05, 3.63) is 30.1 Å². The van der Waals surface area contributed by atoms with Gasteiger partial charge >= 0.3 is 0 Å². The molecule has 16 heavy (non-hydrogen) atoms. The molecule has 0 bridgehead atoms. The molecule has 1 aromatic heterocycles. The van der Waals surface area contributed by atoms with E-state index in [2.05, 4.69) is 11.9 Å². The molecule has 0 aromatic carbocycles. The number of unbranched alkanes of at least 4 members (excludes halogenated alkanes) is 2. The Bertz CT molecular complexity index is 311. The SMILES string of the molecule is CCCCCN(Cc1ccncc1)C(C)=O. The van der Waals surface area contributed by atoms with Crippen molar-refractivity contribution >= 4 is 5.91 Å². The number of pyridine rings is 1. The lowest BCUT2D eigenvalue weighted by Gasteiger charge is -2.20. The predicted octanol–water partition coefficient (Wildman–Crippen LogP) is 2.62. The van der Waals surface area contributed by atoms with Gasteiger partial charge in [0.25, 0.3) is 0 Å². The summed E-state index contributed by atoms with van der Waals surface area (Å²) in [5, 5.41) is 0.